The van der Waals surface area contributed by atoms with Crippen molar-refractivity contribution in [2.24, 2.45) is 5.92 Å². The number of rotatable bonds is 4. The third kappa shape index (κ3) is 3.25. The highest BCUT2D eigenvalue weighted by atomic mass is 16.5. The highest BCUT2D eigenvalue weighted by Gasteiger charge is 2.38. The average molecular weight is 275 g/mol. The van der Waals surface area contributed by atoms with Crippen LogP contribution in [0.4, 0.5) is 0 Å². The van der Waals surface area contributed by atoms with Crippen LogP contribution in [0.3, 0.4) is 0 Å². The van der Waals surface area contributed by atoms with Gasteiger partial charge in [-0.25, -0.2) is 0 Å². The lowest BCUT2D eigenvalue weighted by Crippen LogP contribution is -2.50. The van der Waals surface area contributed by atoms with Gasteiger partial charge in [0, 0.05) is 13.1 Å². The lowest BCUT2D eigenvalue weighted by molar-refractivity contribution is -0.155. The fourth-order valence-electron chi connectivity index (χ4n) is 2.61. The van der Waals surface area contributed by atoms with Crippen LogP contribution in [0.2, 0.25) is 0 Å². The van der Waals surface area contributed by atoms with Gasteiger partial charge < -0.3 is 4.74 Å². The van der Waals surface area contributed by atoms with Crippen molar-refractivity contribution in [1.82, 2.24) is 4.90 Å². The van der Waals surface area contributed by atoms with Crippen molar-refractivity contribution in [2.75, 3.05) is 13.2 Å². The van der Waals surface area contributed by atoms with E-state index in [1.807, 2.05) is 25.1 Å². The second kappa shape index (κ2) is 6.66. The second-order valence-electron chi connectivity index (χ2n) is 5.13. The van der Waals surface area contributed by atoms with Crippen LogP contribution in [0.5, 0.6) is 0 Å². The summed E-state index contributed by atoms with van der Waals surface area (Å²) in [4.78, 5) is 26.2. The first-order valence-corrected chi connectivity index (χ1v) is 7.11. The summed E-state index contributed by atoms with van der Waals surface area (Å²) in [6.07, 6.45) is 0.550. The van der Waals surface area contributed by atoms with E-state index >= 15 is 0 Å². The number of ether oxygens (including phenoxy) is 1. The van der Waals surface area contributed by atoms with Crippen LogP contribution in [-0.4, -0.2) is 35.8 Å². The first-order chi connectivity index (χ1) is 9.63. The number of likely N-dealkylation sites (tertiary alicyclic amines) is 1. The topological polar surface area (TPSA) is 46.6 Å². The molecule has 0 N–H and O–H groups in total. The van der Waals surface area contributed by atoms with Gasteiger partial charge in [-0.2, -0.15) is 0 Å². The summed E-state index contributed by atoms with van der Waals surface area (Å²) in [6.45, 7) is 5.44. The molecule has 1 aromatic carbocycles. The maximum absolute atomic E-state index is 12.3. The standard InChI is InChI=1S/C16H21NO3/c1-3-20-16(19)14-9-10-17(12(2)15(14)18)11-13-7-5-4-6-8-13/h4-8,12,14H,3,9-11H2,1-2H3. The normalized spacial score (nSPS) is 23.6. The lowest BCUT2D eigenvalue weighted by atomic mass is 9.90. The van der Waals surface area contributed by atoms with Gasteiger partial charge in [0.2, 0.25) is 0 Å². The number of hydrogen-bond donors (Lipinski definition) is 0. The average Bonchev–Trinajstić information content (AvgIpc) is 2.45. The molecular weight excluding hydrogens is 254 g/mol. The lowest BCUT2D eigenvalue weighted by Gasteiger charge is -2.35. The Morgan fingerprint density at radius 3 is 2.70 bits per heavy atom. The number of esters is 1. The summed E-state index contributed by atoms with van der Waals surface area (Å²) in [6, 6.07) is 9.83. The van der Waals surface area contributed by atoms with Crippen molar-refractivity contribution in [2.45, 2.75) is 32.9 Å². The molecule has 2 atom stereocenters. The van der Waals surface area contributed by atoms with Gasteiger partial charge in [-0.05, 0) is 25.8 Å². The van der Waals surface area contributed by atoms with Crippen LogP contribution in [0, 0.1) is 5.92 Å². The Hall–Kier alpha value is -1.68. The molecule has 108 valence electrons. The van der Waals surface area contributed by atoms with Crippen LogP contribution in [-0.2, 0) is 20.9 Å². The molecule has 1 saturated heterocycles. The second-order valence-corrected chi connectivity index (χ2v) is 5.13. The van der Waals surface area contributed by atoms with Gasteiger partial charge in [-0.15, -0.1) is 0 Å². The van der Waals surface area contributed by atoms with E-state index in [1.54, 1.807) is 6.92 Å². The molecule has 1 aliphatic rings. The molecule has 0 spiro atoms. The minimum atomic E-state index is -0.586. The molecule has 4 nitrogen and oxygen atoms in total. The Balaban J connectivity index is 2.00. The molecule has 0 aromatic heterocycles. The zero-order chi connectivity index (χ0) is 14.5. The Morgan fingerprint density at radius 2 is 2.05 bits per heavy atom. The number of benzene rings is 1. The molecule has 0 radical (unpaired) electrons. The maximum atomic E-state index is 12.3. The van der Waals surface area contributed by atoms with Crippen LogP contribution in [0.25, 0.3) is 0 Å². The number of nitrogens with zero attached hydrogens (tertiary/aromatic N) is 1. The quantitative estimate of drug-likeness (QED) is 0.623. The summed E-state index contributed by atoms with van der Waals surface area (Å²) < 4.78 is 4.98. The van der Waals surface area contributed by atoms with Crippen molar-refractivity contribution in [1.29, 1.82) is 0 Å². The van der Waals surface area contributed by atoms with E-state index in [9.17, 15) is 9.59 Å². The molecule has 1 aliphatic heterocycles. The fraction of sp³-hybridized carbons (Fsp3) is 0.500. The summed E-state index contributed by atoms with van der Waals surface area (Å²) in [5.74, 6) is -0.980. The number of carbonyl (C=O) groups excluding carboxylic acids is 2. The molecule has 0 bridgehead atoms. The van der Waals surface area contributed by atoms with E-state index in [-0.39, 0.29) is 17.8 Å². The van der Waals surface area contributed by atoms with Crippen molar-refractivity contribution >= 4 is 11.8 Å². The third-order valence-electron chi connectivity index (χ3n) is 3.81. The van der Waals surface area contributed by atoms with E-state index < -0.39 is 5.92 Å². The van der Waals surface area contributed by atoms with Crippen LogP contribution in [0.15, 0.2) is 30.3 Å². The van der Waals surface area contributed by atoms with E-state index in [4.69, 9.17) is 4.74 Å². The van der Waals surface area contributed by atoms with Crippen LogP contribution < -0.4 is 0 Å². The molecule has 1 aromatic rings. The van der Waals surface area contributed by atoms with Gasteiger partial charge in [0.25, 0.3) is 0 Å². The molecule has 1 fully saturated rings. The summed E-state index contributed by atoms with van der Waals surface area (Å²) in [5, 5.41) is 0. The summed E-state index contributed by atoms with van der Waals surface area (Å²) in [7, 11) is 0. The Morgan fingerprint density at radius 1 is 1.35 bits per heavy atom. The highest BCUT2D eigenvalue weighted by Crippen LogP contribution is 2.22. The number of carbonyl (C=O) groups is 2. The minimum Gasteiger partial charge on any atom is -0.465 e. The Kier molecular flexibility index (Phi) is 4.90. The molecule has 4 heteroatoms. The summed E-state index contributed by atoms with van der Waals surface area (Å²) >= 11 is 0. The van der Waals surface area contributed by atoms with Crippen molar-refractivity contribution < 1.29 is 14.3 Å². The number of piperidine rings is 1. The molecular formula is C16H21NO3. The van der Waals surface area contributed by atoms with E-state index in [0.717, 1.165) is 13.1 Å². The molecule has 20 heavy (non-hydrogen) atoms. The largest absolute Gasteiger partial charge is 0.465 e. The molecule has 0 aliphatic carbocycles. The summed E-state index contributed by atoms with van der Waals surface area (Å²) in [5.41, 5.74) is 1.18. The van der Waals surface area contributed by atoms with Gasteiger partial charge in [0.05, 0.1) is 12.6 Å². The van der Waals surface area contributed by atoms with Crippen LogP contribution in [0.1, 0.15) is 25.8 Å². The predicted octanol–water partition coefficient (Wildman–Crippen LogP) is 2.03. The van der Waals surface area contributed by atoms with Gasteiger partial charge in [-0.3, -0.25) is 14.5 Å². The van der Waals surface area contributed by atoms with E-state index in [1.165, 1.54) is 5.56 Å². The molecule has 2 unspecified atom stereocenters. The van der Waals surface area contributed by atoms with E-state index in [2.05, 4.69) is 17.0 Å². The molecule has 1 heterocycles. The SMILES string of the molecule is CCOC(=O)C1CCN(Cc2ccccc2)C(C)C1=O. The van der Waals surface area contributed by atoms with Gasteiger partial charge in [0.1, 0.15) is 5.92 Å². The molecule has 0 saturated carbocycles. The van der Waals surface area contributed by atoms with Crippen LogP contribution >= 0.6 is 0 Å². The minimum absolute atomic E-state index is 0.0226. The zero-order valence-electron chi connectivity index (χ0n) is 12.0. The van der Waals surface area contributed by atoms with Gasteiger partial charge in [-0.1, -0.05) is 30.3 Å². The first kappa shape index (κ1) is 14.7. The Labute approximate surface area is 119 Å². The Bertz CT molecular complexity index is 472. The zero-order valence-corrected chi connectivity index (χ0v) is 12.0. The van der Waals surface area contributed by atoms with Gasteiger partial charge >= 0.3 is 5.97 Å². The first-order valence-electron chi connectivity index (χ1n) is 7.11. The smallest absolute Gasteiger partial charge is 0.316 e. The maximum Gasteiger partial charge on any atom is 0.316 e. The van der Waals surface area contributed by atoms with E-state index in [0.29, 0.717) is 13.0 Å². The van der Waals surface area contributed by atoms with Crippen molar-refractivity contribution in [3.05, 3.63) is 35.9 Å². The van der Waals surface area contributed by atoms with Gasteiger partial charge in [0.15, 0.2) is 5.78 Å². The molecule has 0 amide bonds. The number of Topliss-reactive ketones (excluding diaryl/α,β-unsaturated/α-hetero) is 1. The van der Waals surface area contributed by atoms with Crippen molar-refractivity contribution in [3.63, 3.8) is 0 Å². The fourth-order valence-corrected chi connectivity index (χ4v) is 2.61. The monoisotopic (exact) mass is 275 g/mol. The molecule has 2 rings (SSSR count). The number of hydrogen-bond acceptors (Lipinski definition) is 4. The van der Waals surface area contributed by atoms with Crippen molar-refractivity contribution in [3.8, 4) is 0 Å². The third-order valence-corrected chi connectivity index (χ3v) is 3.81. The predicted molar refractivity (Wildman–Crippen MR) is 76.1 cm³/mol. The number of ketones is 1. The highest BCUT2D eigenvalue weighted by molar-refractivity contribution is 6.02.